The number of hydrogen-bond donors (Lipinski definition) is 0. The molecule has 2 aromatic rings. The average Bonchev–Trinajstić information content (AvgIpc) is 2.71. The number of benzene rings is 2. The number of hydrogen-bond acceptors (Lipinski definition) is 5. The lowest BCUT2D eigenvalue weighted by atomic mass is 10.1. The standard InChI is InChI=1S/C22H22O5/c1-5-13-27-20-12-8-16(14-22(20)26-6-2)7-11-19(23)18-10-9-17(24-3)15-21(18)25-4/h1,7-12,14-15H,6,13H2,2-4H3/b11-7+. The molecule has 0 aliphatic heterocycles. The molecule has 2 aromatic carbocycles. The van der Waals surface area contributed by atoms with E-state index in [4.69, 9.17) is 25.4 Å². The van der Waals surface area contributed by atoms with E-state index in [0.717, 1.165) is 5.56 Å². The molecule has 0 bridgehead atoms. The molecule has 0 heterocycles. The Kier molecular flexibility index (Phi) is 7.33. The van der Waals surface area contributed by atoms with Crippen LogP contribution < -0.4 is 18.9 Å². The summed E-state index contributed by atoms with van der Waals surface area (Å²) in [6, 6.07) is 10.4. The summed E-state index contributed by atoms with van der Waals surface area (Å²) in [5, 5.41) is 0. The van der Waals surface area contributed by atoms with Gasteiger partial charge in [-0.1, -0.05) is 18.1 Å². The lowest BCUT2D eigenvalue weighted by Gasteiger charge is -2.11. The highest BCUT2D eigenvalue weighted by molar-refractivity contribution is 6.08. The van der Waals surface area contributed by atoms with Crippen LogP contribution in [0.5, 0.6) is 23.0 Å². The van der Waals surface area contributed by atoms with Crippen molar-refractivity contribution in [3.05, 3.63) is 53.6 Å². The van der Waals surface area contributed by atoms with Gasteiger partial charge in [-0.05, 0) is 42.8 Å². The summed E-state index contributed by atoms with van der Waals surface area (Å²) >= 11 is 0. The summed E-state index contributed by atoms with van der Waals surface area (Å²) in [6.07, 6.45) is 8.42. The van der Waals surface area contributed by atoms with E-state index in [1.165, 1.54) is 13.2 Å². The van der Waals surface area contributed by atoms with Crippen LogP contribution in [0.4, 0.5) is 0 Å². The summed E-state index contributed by atoms with van der Waals surface area (Å²) in [5.41, 5.74) is 1.25. The Labute approximate surface area is 159 Å². The molecule has 0 aliphatic carbocycles. The van der Waals surface area contributed by atoms with Gasteiger partial charge < -0.3 is 18.9 Å². The van der Waals surface area contributed by atoms with Gasteiger partial charge >= 0.3 is 0 Å². The zero-order chi connectivity index (χ0) is 19.6. The van der Waals surface area contributed by atoms with Crippen LogP contribution in [0.2, 0.25) is 0 Å². The predicted molar refractivity (Wildman–Crippen MR) is 105 cm³/mol. The smallest absolute Gasteiger partial charge is 0.189 e. The number of rotatable bonds is 9. The van der Waals surface area contributed by atoms with E-state index in [2.05, 4.69) is 5.92 Å². The van der Waals surface area contributed by atoms with Crippen LogP contribution in [0.3, 0.4) is 0 Å². The van der Waals surface area contributed by atoms with Crippen LogP contribution in [-0.4, -0.2) is 33.2 Å². The van der Waals surface area contributed by atoms with Gasteiger partial charge in [0, 0.05) is 6.07 Å². The van der Waals surface area contributed by atoms with Crippen LogP contribution in [0, 0.1) is 12.3 Å². The second-order valence-corrected chi connectivity index (χ2v) is 5.40. The van der Waals surface area contributed by atoms with Crippen molar-refractivity contribution < 1.29 is 23.7 Å². The molecule has 0 spiro atoms. The third kappa shape index (κ3) is 5.29. The minimum atomic E-state index is -0.180. The van der Waals surface area contributed by atoms with Gasteiger partial charge in [-0.2, -0.15) is 0 Å². The second kappa shape index (κ2) is 9.93. The Morgan fingerprint density at radius 3 is 2.52 bits per heavy atom. The van der Waals surface area contributed by atoms with Crippen molar-refractivity contribution in [1.82, 2.24) is 0 Å². The normalized spacial score (nSPS) is 10.3. The topological polar surface area (TPSA) is 54.0 Å². The molecule has 0 unspecified atom stereocenters. The molecular weight excluding hydrogens is 344 g/mol. The lowest BCUT2D eigenvalue weighted by Crippen LogP contribution is -2.00. The number of allylic oxidation sites excluding steroid dienone is 1. The van der Waals surface area contributed by atoms with Crippen LogP contribution >= 0.6 is 0 Å². The van der Waals surface area contributed by atoms with Crippen LogP contribution in [0.25, 0.3) is 6.08 Å². The fourth-order valence-corrected chi connectivity index (χ4v) is 2.40. The molecule has 2 rings (SSSR count). The van der Waals surface area contributed by atoms with E-state index in [1.54, 1.807) is 43.5 Å². The molecule has 0 saturated heterocycles. The van der Waals surface area contributed by atoms with Crippen molar-refractivity contribution in [3.63, 3.8) is 0 Å². The summed E-state index contributed by atoms with van der Waals surface area (Å²) in [7, 11) is 3.07. The number of terminal acetylenes is 1. The maximum Gasteiger partial charge on any atom is 0.189 e. The van der Waals surface area contributed by atoms with Crippen LogP contribution in [0.1, 0.15) is 22.8 Å². The maximum absolute atomic E-state index is 12.5. The first-order valence-electron chi connectivity index (χ1n) is 8.40. The Morgan fingerprint density at radius 1 is 1.04 bits per heavy atom. The number of carbonyl (C=O) groups is 1. The quantitative estimate of drug-likeness (QED) is 0.381. The van der Waals surface area contributed by atoms with E-state index in [9.17, 15) is 4.79 Å². The van der Waals surface area contributed by atoms with Gasteiger partial charge in [-0.25, -0.2) is 0 Å². The van der Waals surface area contributed by atoms with Crippen molar-refractivity contribution in [2.24, 2.45) is 0 Å². The van der Waals surface area contributed by atoms with E-state index in [-0.39, 0.29) is 12.4 Å². The Bertz CT molecular complexity index is 861. The first kappa shape index (κ1) is 19.9. The molecule has 0 atom stereocenters. The van der Waals surface area contributed by atoms with Crippen molar-refractivity contribution in [2.45, 2.75) is 6.92 Å². The first-order valence-corrected chi connectivity index (χ1v) is 8.40. The van der Waals surface area contributed by atoms with Crippen LogP contribution in [-0.2, 0) is 0 Å². The predicted octanol–water partition coefficient (Wildman–Crippen LogP) is 4.01. The zero-order valence-corrected chi connectivity index (χ0v) is 15.7. The molecule has 0 radical (unpaired) electrons. The van der Waals surface area contributed by atoms with Crippen molar-refractivity contribution in [3.8, 4) is 35.3 Å². The van der Waals surface area contributed by atoms with Gasteiger partial charge in [0.05, 0.1) is 26.4 Å². The summed E-state index contributed by atoms with van der Waals surface area (Å²) in [5.74, 6) is 4.46. The molecule has 0 fully saturated rings. The van der Waals surface area contributed by atoms with Crippen LogP contribution in [0.15, 0.2) is 42.5 Å². The highest BCUT2D eigenvalue weighted by Gasteiger charge is 2.11. The molecule has 5 heteroatoms. The fourth-order valence-electron chi connectivity index (χ4n) is 2.40. The molecule has 0 N–H and O–H groups in total. The number of ketones is 1. The SMILES string of the molecule is C#CCOc1ccc(/C=C/C(=O)c2ccc(OC)cc2OC)cc1OCC. The number of carbonyl (C=O) groups excluding carboxylic acids is 1. The van der Waals surface area contributed by atoms with Gasteiger partial charge in [-0.15, -0.1) is 6.42 Å². The van der Waals surface area contributed by atoms with Crippen molar-refractivity contribution >= 4 is 11.9 Å². The highest BCUT2D eigenvalue weighted by atomic mass is 16.5. The van der Waals surface area contributed by atoms with Crippen molar-refractivity contribution in [2.75, 3.05) is 27.4 Å². The Balaban J connectivity index is 2.23. The van der Waals surface area contributed by atoms with E-state index < -0.39 is 0 Å². The zero-order valence-electron chi connectivity index (χ0n) is 15.7. The Hall–Kier alpha value is -3.39. The molecule has 0 aliphatic rings. The number of ether oxygens (including phenoxy) is 4. The third-order valence-corrected chi connectivity index (χ3v) is 3.68. The van der Waals surface area contributed by atoms with Gasteiger partial charge in [-0.3, -0.25) is 4.79 Å². The van der Waals surface area contributed by atoms with E-state index >= 15 is 0 Å². The monoisotopic (exact) mass is 366 g/mol. The molecule has 5 nitrogen and oxygen atoms in total. The minimum Gasteiger partial charge on any atom is -0.497 e. The molecule has 0 saturated carbocycles. The third-order valence-electron chi connectivity index (χ3n) is 3.68. The lowest BCUT2D eigenvalue weighted by molar-refractivity contribution is 0.104. The first-order chi connectivity index (χ1) is 13.1. The molecular formula is C22H22O5. The summed E-state index contributed by atoms with van der Waals surface area (Å²) < 4.78 is 21.5. The fraction of sp³-hybridized carbons (Fsp3) is 0.227. The largest absolute Gasteiger partial charge is 0.497 e. The molecule has 140 valence electrons. The second-order valence-electron chi connectivity index (χ2n) is 5.40. The summed E-state index contributed by atoms with van der Waals surface area (Å²) in [6.45, 7) is 2.53. The molecule has 0 amide bonds. The average molecular weight is 366 g/mol. The van der Waals surface area contributed by atoms with Gasteiger partial charge in [0.1, 0.15) is 18.1 Å². The van der Waals surface area contributed by atoms with E-state index in [1.807, 2.05) is 13.0 Å². The van der Waals surface area contributed by atoms with Gasteiger partial charge in [0.2, 0.25) is 0 Å². The van der Waals surface area contributed by atoms with Gasteiger partial charge in [0.15, 0.2) is 17.3 Å². The molecule has 0 aromatic heterocycles. The minimum absolute atomic E-state index is 0.158. The summed E-state index contributed by atoms with van der Waals surface area (Å²) in [4.78, 5) is 12.5. The highest BCUT2D eigenvalue weighted by Crippen LogP contribution is 2.29. The Morgan fingerprint density at radius 2 is 1.85 bits per heavy atom. The van der Waals surface area contributed by atoms with Crippen molar-refractivity contribution in [1.29, 1.82) is 0 Å². The van der Waals surface area contributed by atoms with Gasteiger partial charge in [0.25, 0.3) is 0 Å². The van der Waals surface area contributed by atoms with E-state index in [0.29, 0.717) is 35.2 Å². The molecule has 27 heavy (non-hydrogen) atoms. The maximum atomic E-state index is 12.5. The number of methoxy groups -OCH3 is 2.